The molecule has 1 aromatic rings. The van der Waals surface area contributed by atoms with Crippen molar-refractivity contribution in [2.75, 3.05) is 0 Å². The predicted octanol–water partition coefficient (Wildman–Crippen LogP) is 4.08. The molecule has 0 spiro atoms. The van der Waals surface area contributed by atoms with Gasteiger partial charge in [-0.05, 0) is 48.1 Å². The molecular weight excluding hydrogens is 180 g/mol. The van der Waals surface area contributed by atoms with Crippen molar-refractivity contribution in [1.29, 1.82) is 0 Å². The minimum atomic E-state index is 0.507. The van der Waals surface area contributed by atoms with E-state index < -0.39 is 0 Å². The maximum atomic E-state index is 2.51. The quantitative estimate of drug-likeness (QED) is 0.592. The van der Waals surface area contributed by atoms with E-state index in [0.29, 0.717) is 5.41 Å². The van der Waals surface area contributed by atoms with E-state index in [9.17, 15) is 0 Å². The molecule has 0 bridgehead atoms. The number of hydrogen-bond acceptors (Lipinski definition) is 0. The molecule has 0 heteroatoms. The molecule has 1 aromatic carbocycles. The van der Waals surface area contributed by atoms with E-state index in [1.165, 1.54) is 38.5 Å². The molecule has 2 unspecified atom stereocenters. The highest BCUT2D eigenvalue weighted by Crippen LogP contribution is 2.49. The average Bonchev–Trinajstić information content (AvgIpc) is 2.29. The molecule has 15 heavy (non-hydrogen) atoms. The first-order valence-electron chi connectivity index (χ1n) is 6.39. The number of fused-ring (bicyclic) bond motifs is 3. The first-order chi connectivity index (χ1) is 7.31. The van der Waals surface area contributed by atoms with Crippen LogP contribution >= 0.6 is 0 Å². The molecular formula is C15H20. The Morgan fingerprint density at radius 1 is 1.13 bits per heavy atom. The topological polar surface area (TPSA) is 0 Å². The van der Waals surface area contributed by atoms with Crippen LogP contribution in [-0.4, -0.2) is 0 Å². The minimum Gasteiger partial charge on any atom is -0.0620 e. The molecule has 0 radical (unpaired) electrons. The molecule has 80 valence electrons. The Morgan fingerprint density at radius 2 is 2.00 bits per heavy atom. The van der Waals surface area contributed by atoms with Crippen LogP contribution in [0.3, 0.4) is 0 Å². The highest BCUT2D eigenvalue weighted by molar-refractivity contribution is 5.37. The van der Waals surface area contributed by atoms with Crippen LogP contribution in [0.15, 0.2) is 24.3 Å². The minimum absolute atomic E-state index is 0.507. The van der Waals surface area contributed by atoms with Crippen molar-refractivity contribution in [2.45, 2.75) is 50.9 Å². The van der Waals surface area contributed by atoms with Gasteiger partial charge in [0.25, 0.3) is 0 Å². The zero-order chi connectivity index (χ0) is 10.3. The average molecular weight is 200 g/mol. The maximum Gasteiger partial charge on any atom is -0.00442 e. The van der Waals surface area contributed by atoms with Gasteiger partial charge in [-0.2, -0.15) is 0 Å². The summed E-state index contributed by atoms with van der Waals surface area (Å²) < 4.78 is 0. The molecule has 0 amide bonds. The Bertz CT molecular complexity index is 366. The fourth-order valence-corrected chi connectivity index (χ4v) is 3.85. The van der Waals surface area contributed by atoms with Gasteiger partial charge in [-0.1, -0.05) is 44.0 Å². The third kappa shape index (κ3) is 1.34. The Hall–Kier alpha value is -0.780. The van der Waals surface area contributed by atoms with Gasteiger partial charge < -0.3 is 0 Å². The van der Waals surface area contributed by atoms with Gasteiger partial charge in [0.1, 0.15) is 0 Å². The molecule has 0 heterocycles. The Balaban J connectivity index is 2.09. The highest BCUT2D eigenvalue weighted by Gasteiger charge is 2.41. The Labute approximate surface area is 92.7 Å². The molecule has 2 aliphatic carbocycles. The van der Waals surface area contributed by atoms with Crippen LogP contribution in [0.2, 0.25) is 0 Å². The molecule has 1 saturated carbocycles. The first kappa shape index (κ1) is 9.45. The summed E-state index contributed by atoms with van der Waals surface area (Å²) in [6.45, 7) is 2.51. The van der Waals surface area contributed by atoms with E-state index in [1.807, 2.05) is 0 Å². The van der Waals surface area contributed by atoms with E-state index in [-0.39, 0.29) is 0 Å². The summed E-state index contributed by atoms with van der Waals surface area (Å²) in [6, 6.07) is 9.14. The molecule has 2 aliphatic rings. The number of benzene rings is 1. The lowest BCUT2D eigenvalue weighted by Gasteiger charge is -2.46. The monoisotopic (exact) mass is 200 g/mol. The normalized spacial score (nSPS) is 34.3. The molecule has 0 aliphatic heterocycles. The summed E-state index contributed by atoms with van der Waals surface area (Å²) in [6.07, 6.45) is 8.51. The first-order valence-corrected chi connectivity index (χ1v) is 6.39. The van der Waals surface area contributed by atoms with Gasteiger partial charge in [0, 0.05) is 0 Å². The maximum absolute atomic E-state index is 2.51. The number of hydrogen-bond donors (Lipinski definition) is 0. The van der Waals surface area contributed by atoms with Crippen LogP contribution in [0.4, 0.5) is 0 Å². The summed E-state index contributed by atoms with van der Waals surface area (Å²) in [5.41, 5.74) is 3.80. The predicted molar refractivity (Wildman–Crippen MR) is 64.1 cm³/mol. The second-order valence-electron chi connectivity index (χ2n) is 5.56. The molecule has 1 fully saturated rings. The third-order valence-electron chi connectivity index (χ3n) is 4.79. The molecule has 0 nitrogen and oxygen atoms in total. The lowest BCUT2D eigenvalue weighted by molar-refractivity contribution is 0.178. The van der Waals surface area contributed by atoms with Crippen molar-refractivity contribution in [3.63, 3.8) is 0 Å². The van der Waals surface area contributed by atoms with Gasteiger partial charge in [-0.3, -0.25) is 0 Å². The fourth-order valence-electron chi connectivity index (χ4n) is 3.85. The van der Waals surface area contributed by atoms with Gasteiger partial charge in [-0.25, -0.2) is 0 Å². The smallest absolute Gasteiger partial charge is 0.00442 e. The Kier molecular flexibility index (Phi) is 2.12. The van der Waals surface area contributed by atoms with Crippen molar-refractivity contribution in [3.8, 4) is 0 Å². The van der Waals surface area contributed by atoms with Crippen LogP contribution in [0.5, 0.6) is 0 Å². The summed E-state index contributed by atoms with van der Waals surface area (Å²) in [7, 11) is 0. The van der Waals surface area contributed by atoms with Crippen molar-refractivity contribution in [2.24, 2.45) is 5.92 Å². The molecule has 0 saturated heterocycles. The summed E-state index contributed by atoms with van der Waals surface area (Å²) in [4.78, 5) is 0. The van der Waals surface area contributed by atoms with Crippen molar-refractivity contribution >= 4 is 0 Å². The van der Waals surface area contributed by atoms with Crippen molar-refractivity contribution < 1.29 is 0 Å². The van der Waals surface area contributed by atoms with Crippen LogP contribution in [0, 0.1) is 5.92 Å². The zero-order valence-corrected chi connectivity index (χ0v) is 9.63. The third-order valence-corrected chi connectivity index (χ3v) is 4.79. The summed E-state index contributed by atoms with van der Waals surface area (Å²) >= 11 is 0. The van der Waals surface area contributed by atoms with E-state index in [4.69, 9.17) is 0 Å². The van der Waals surface area contributed by atoms with E-state index >= 15 is 0 Å². The molecule has 3 rings (SSSR count). The largest absolute Gasteiger partial charge is 0.0620 e. The Morgan fingerprint density at radius 3 is 2.93 bits per heavy atom. The number of rotatable bonds is 0. The summed E-state index contributed by atoms with van der Waals surface area (Å²) in [5, 5.41) is 0. The van der Waals surface area contributed by atoms with Gasteiger partial charge in [0.2, 0.25) is 0 Å². The van der Waals surface area contributed by atoms with Crippen molar-refractivity contribution in [1.82, 2.24) is 0 Å². The van der Waals surface area contributed by atoms with E-state index in [2.05, 4.69) is 31.2 Å². The van der Waals surface area contributed by atoms with Crippen LogP contribution in [-0.2, 0) is 11.8 Å². The second-order valence-corrected chi connectivity index (χ2v) is 5.56. The molecule has 2 atom stereocenters. The van der Waals surface area contributed by atoms with E-state index in [1.54, 1.807) is 11.1 Å². The van der Waals surface area contributed by atoms with E-state index in [0.717, 1.165) is 5.92 Å². The van der Waals surface area contributed by atoms with Crippen molar-refractivity contribution in [3.05, 3.63) is 35.4 Å². The highest BCUT2D eigenvalue weighted by atomic mass is 14.4. The lowest BCUT2D eigenvalue weighted by atomic mass is 9.58. The van der Waals surface area contributed by atoms with Gasteiger partial charge in [0.15, 0.2) is 0 Å². The second kappa shape index (κ2) is 3.37. The SMILES string of the molecule is CC12CCCCC1CCc1ccccc12. The van der Waals surface area contributed by atoms with Gasteiger partial charge in [-0.15, -0.1) is 0 Å². The fraction of sp³-hybridized carbons (Fsp3) is 0.600. The zero-order valence-electron chi connectivity index (χ0n) is 9.63. The van der Waals surface area contributed by atoms with Crippen LogP contribution in [0.1, 0.15) is 50.2 Å². The molecule has 0 N–H and O–H groups in total. The lowest BCUT2D eigenvalue weighted by Crippen LogP contribution is -2.39. The van der Waals surface area contributed by atoms with Crippen LogP contribution < -0.4 is 0 Å². The van der Waals surface area contributed by atoms with Gasteiger partial charge in [0.05, 0.1) is 0 Å². The van der Waals surface area contributed by atoms with Gasteiger partial charge >= 0.3 is 0 Å². The number of aryl methyl sites for hydroxylation is 1. The summed E-state index contributed by atoms with van der Waals surface area (Å²) in [5.74, 6) is 0.959. The standard InChI is InChI=1S/C15H20/c1-15-11-5-4-7-13(15)10-9-12-6-2-3-8-14(12)15/h2-3,6,8,13H,4-5,7,9-11H2,1H3. The molecule has 0 aromatic heterocycles. The van der Waals surface area contributed by atoms with Crippen LogP contribution in [0.25, 0.3) is 0 Å².